The smallest absolute Gasteiger partial charge is 0.240 e. The van der Waals surface area contributed by atoms with Crippen LogP contribution < -0.4 is 5.43 Å². The van der Waals surface area contributed by atoms with Gasteiger partial charge in [0.15, 0.2) is 0 Å². The SMILES string of the molecule is [CH2]C(=O)NN=Cc1ccc(Br)cc1. The highest BCUT2D eigenvalue weighted by Crippen LogP contribution is 2.08. The molecule has 0 saturated carbocycles. The maximum atomic E-state index is 10.3. The monoisotopic (exact) mass is 239 g/mol. The molecule has 0 atom stereocenters. The number of nitrogens with one attached hydrogen (secondary N) is 1. The molecule has 13 heavy (non-hydrogen) atoms. The highest BCUT2D eigenvalue weighted by molar-refractivity contribution is 9.10. The van der Waals surface area contributed by atoms with Crippen molar-refractivity contribution < 1.29 is 4.79 Å². The molecule has 0 spiro atoms. The number of hydrazone groups is 1. The van der Waals surface area contributed by atoms with E-state index in [-0.39, 0.29) is 0 Å². The van der Waals surface area contributed by atoms with Crippen LogP contribution in [0.4, 0.5) is 0 Å². The second-order valence-electron chi connectivity index (χ2n) is 2.34. The minimum absolute atomic E-state index is 0.423. The predicted molar refractivity (Wildman–Crippen MR) is 55.2 cm³/mol. The molecule has 1 rings (SSSR count). The van der Waals surface area contributed by atoms with Gasteiger partial charge in [0.2, 0.25) is 5.91 Å². The zero-order chi connectivity index (χ0) is 9.68. The summed E-state index contributed by atoms with van der Waals surface area (Å²) in [7, 11) is 0. The second-order valence-corrected chi connectivity index (χ2v) is 3.26. The molecule has 1 radical (unpaired) electrons. The Morgan fingerprint density at radius 3 is 2.62 bits per heavy atom. The summed E-state index contributed by atoms with van der Waals surface area (Å²) in [5.41, 5.74) is 3.13. The van der Waals surface area contributed by atoms with E-state index in [9.17, 15) is 4.79 Å². The van der Waals surface area contributed by atoms with E-state index in [2.05, 4.69) is 33.4 Å². The average Bonchev–Trinajstić information content (AvgIpc) is 2.08. The highest BCUT2D eigenvalue weighted by atomic mass is 79.9. The van der Waals surface area contributed by atoms with Gasteiger partial charge in [-0.1, -0.05) is 28.1 Å². The van der Waals surface area contributed by atoms with Crippen molar-refractivity contribution in [3.8, 4) is 0 Å². The summed E-state index contributed by atoms with van der Waals surface area (Å²) in [6, 6.07) is 7.55. The standard InChI is InChI=1S/C9H8BrN2O/c1-7(13)12-11-6-8-2-4-9(10)5-3-8/h2-6H,1H2,(H,12,13). The van der Waals surface area contributed by atoms with E-state index < -0.39 is 5.91 Å². The van der Waals surface area contributed by atoms with E-state index in [0.717, 1.165) is 10.0 Å². The van der Waals surface area contributed by atoms with Crippen molar-refractivity contribution in [1.29, 1.82) is 0 Å². The molecule has 0 unspecified atom stereocenters. The molecule has 0 aliphatic carbocycles. The lowest BCUT2D eigenvalue weighted by Gasteiger charge is -1.93. The quantitative estimate of drug-likeness (QED) is 0.620. The van der Waals surface area contributed by atoms with Gasteiger partial charge in [0.1, 0.15) is 0 Å². The average molecular weight is 240 g/mol. The number of rotatable bonds is 2. The molecule has 0 saturated heterocycles. The van der Waals surface area contributed by atoms with Gasteiger partial charge in [0.05, 0.1) is 6.21 Å². The molecule has 1 aromatic rings. The summed E-state index contributed by atoms with van der Waals surface area (Å²) in [5, 5.41) is 3.67. The normalized spacial score (nSPS) is 10.3. The predicted octanol–water partition coefficient (Wildman–Crippen LogP) is 1.73. The first kappa shape index (κ1) is 9.92. The molecule has 1 amide bonds. The van der Waals surface area contributed by atoms with Crippen LogP contribution in [0.2, 0.25) is 0 Å². The van der Waals surface area contributed by atoms with Crippen LogP contribution in [-0.4, -0.2) is 12.1 Å². The van der Waals surface area contributed by atoms with Gasteiger partial charge in [-0.05, 0) is 17.7 Å². The van der Waals surface area contributed by atoms with Crippen molar-refractivity contribution in [1.82, 2.24) is 5.43 Å². The van der Waals surface area contributed by atoms with Crippen molar-refractivity contribution in [3.63, 3.8) is 0 Å². The summed E-state index contributed by atoms with van der Waals surface area (Å²) < 4.78 is 1.01. The molecule has 0 fully saturated rings. The van der Waals surface area contributed by atoms with Gasteiger partial charge in [-0.3, -0.25) is 4.79 Å². The number of hydrogen-bond acceptors (Lipinski definition) is 2. The summed E-state index contributed by atoms with van der Waals surface area (Å²) in [5.74, 6) is -0.423. The number of nitrogens with zero attached hydrogens (tertiary/aromatic N) is 1. The lowest BCUT2D eigenvalue weighted by Crippen LogP contribution is -2.12. The molecular formula is C9H8BrN2O. The van der Waals surface area contributed by atoms with Gasteiger partial charge in [-0.15, -0.1) is 0 Å². The fourth-order valence-corrected chi connectivity index (χ4v) is 0.992. The van der Waals surface area contributed by atoms with Crippen molar-refractivity contribution in [2.24, 2.45) is 5.10 Å². The van der Waals surface area contributed by atoms with E-state index in [1.807, 2.05) is 24.3 Å². The minimum atomic E-state index is -0.423. The van der Waals surface area contributed by atoms with Gasteiger partial charge in [-0.2, -0.15) is 5.10 Å². The van der Waals surface area contributed by atoms with Crippen LogP contribution in [0, 0.1) is 6.92 Å². The maximum absolute atomic E-state index is 10.3. The van der Waals surface area contributed by atoms with Crippen LogP contribution in [0.5, 0.6) is 0 Å². The van der Waals surface area contributed by atoms with Crippen LogP contribution in [0.15, 0.2) is 33.8 Å². The lowest BCUT2D eigenvalue weighted by atomic mass is 10.2. The third kappa shape index (κ3) is 3.85. The van der Waals surface area contributed by atoms with Crippen LogP contribution in [-0.2, 0) is 4.79 Å². The number of carbonyl (C=O) groups is 1. The topological polar surface area (TPSA) is 41.5 Å². The number of hydrogen-bond donors (Lipinski definition) is 1. The fraction of sp³-hybridized carbons (Fsp3) is 0. The Balaban J connectivity index is 2.59. The van der Waals surface area contributed by atoms with Gasteiger partial charge in [0.25, 0.3) is 0 Å². The Hall–Kier alpha value is -1.16. The first-order valence-electron chi connectivity index (χ1n) is 3.59. The zero-order valence-corrected chi connectivity index (χ0v) is 8.41. The largest absolute Gasteiger partial charge is 0.273 e. The lowest BCUT2D eigenvalue weighted by molar-refractivity contribution is -0.116. The van der Waals surface area contributed by atoms with Crippen LogP contribution in [0.1, 0.15) is 5.56 Å². The fourth-order valence-electron chi connectivity index (χ4n) is 0.728. The van der Waals surface area contributed by atoms with E-state index in [1.165, 1.54) is 0 Å². The van der Waals surface area contributed by atoms with E-state index in [4.69, 9.17) is 0 Å². The molecule has 4 heteroatoms. The van der Waals surface area contributed by atoms with E-state index in [0.29, 0.717) is 0 Å². The molecular weight excluding hydrogens is 232 g/mol. The minimum Gasteiger partial charge on any atom is -0.273 e. The molecule has 0 aliphatic rings. The first-order chi connectivity index (χ1) is 6.18. The molecule has 67 valence electrons. The highest BCUT2D eigenvalue weighted by Gasteiger charge is 1.88. The van der Waals surface area contributed by atoms with Crippen LogP contribution in [0.3, 0.4) is 0 Å². The van der Waals surface area contributed by atoms with Crippen molar-refractivity contribution >= 4 is 28.1 Å². The number of amides is 1. The van der Waals surface area contributed by atoms with Crippen LogP contribution in [0.25, 0.3) is 0 Å². The Labute approximate surface area is 85.0 Å². The summed E-state index contributed by atoms with van der Waals surface area (Å²) in [6.07, 6.45) is 1.55. The number of carbonyl (C=O) groups excluding carboxylic acids is 1. The third-order valence-corrected chi connectivity index (χ3v) is 1.80. The second kappa shape index (κ2) is 4.77. The summed E-state index contributed by atoms with van der Waals surface area (Å²) in [6.45, 7) is 3.11. The molecule has 1 aromatic carbocycles. The molecule has 0 heterocycles. The number of benzene rings is 1. The third-order valence-electron chi connectivity index (χ3n) is 1.27. The van der Waals surface area contributed by atoms with Gasteiger partial charge < -0.3 is 0 Å². The van der Waals surface area contributed by atoms with Crippen molar-refractivity contribution in [2.75, 3.05) is 0 Å². The Morgan fingerprint density at radius 2 is 2.08 bits per heavy atom. The van der Waals surface area contributed by atoms with E-state index in [1.54, 1.807) is 6.21 Å². The number of halogens is 1. The Bertz CT molecular complexity index is 319. The van der Waals surface area contributed by atoms with Crippen molar-refractivity contribution in [3.05, 3.63) is 41.2 Å². The maximum Gasteiger partial charge on any atom is 0.240 e. The zero-order valence-electron chi connectivity index (χ0n) is 6.83. The first-order valence-corrected chi connectivity index (χ1v) is 4.38. The molecule has 0 aromatic heterocycles. The van der Waals surface area contributed by atoms with Crippen molar-refractivity contribution in [2.45, 2.75) is 0 Å². The summed E-state index contributed by atoms with van der Waals surface area (Å²) >= 11 is 3.31. The van der Waals surface area contributed by atoms with Gasteiger partial charge >= 0.3 is 0 Å². The Morgan fingerprint density at radius 1 is 1.46 bits per heavy atom. The summed E-state index contributed by atoms with van der Waals surface area (Å²) in [4.78, 5) is 10.3. The van der Waals surface area contributed by atoms with Gasteiger partial charge in [0, 0.05) is 11.4 Å². The molecule has 1 N–H and O–H groups in total. The van der Waals surface area contributed by atoms with Gasteiger partial charge in [-0.25, -0.2) is 5.43 Å². The molecule has 0 bridgehead atoms. The molecule has 3 nitrogen and oxygen atoms in total. The van der Waals surface area contributed by atoms with E-state index >= 15 is 0 Å². The Kier molecular flexibility index (Phi) is 3.64. The molecule has 0 aliphatic heterocycles. The van der Waals surface area contributed by atoms with Crippen LogP contribution >= 0.6 is 15.9 Å².